The van der Waals surface area contributed by atoms with E-state index in [-0.39, 0.29) is 12.1 Å². The highest BCUT2D eigenvalue weighted by Crippen LogP contribution is 2.35. The van der Waals surface area contributed by atoms with Crippen LogP contribution in [0.2, 0.25) is 5.02 Å². The van der Waals surface area contributed by atoms with Crippen LogP contribution in [0.5, 0.6) is 0 Å². The van der Waals surface area contributed by atoms with Gasteiger partial charge in [0.25, 0.3) is 5.91 Å². The quantitative estimate of drug-likeness (QED) is 0.713. The van der Waals surface area contributed by atoms with Crippen molar-refractivity contribution >= 4 is 34.5 Å². The van der Waals surface area contributed by atoms with Crippen molar-refractivity contribution in [3.05, 3.63) is 80.8 Å². The normalized spacial score (nSPS) is 16.2. The number of nitrogens with one attached hydrogen (secondary N) is 1. The van der Waals surface area contributed by atoms with E-state index in [1.165, 1.54) is 0 Å². The second-order valence-electron chi connectivity index (χ2n) is 5.96. The first kappa shape index (κ1) is 16.1. The van der Waals surface area contributed by atoms with Gasteiger partial charge in [-0.15, -0.1) is 11.3 Å². The van der Waals surface area contributed by atoms with Crippen LogP contribution in [0.25, 0.3) is 0 Å². The van der Waals surface area contributed by atoms with Gasteiger partial charge in [-0.3, -0.25) is 9.78 Å². The fourth-order valence-electron chi connectivity index (χ4n) is 2.96. The first-order chi connectivity index (χ1) is 12.1. The Morgan fingerprint density at radius 3 is 2.92 bits per heavy atom. The van der Waals surface area contributed by atoms with Crippen molar-refractivity contribution in [3.8, 4) is 0 Å². The lowest BCUT2D eigenvalue weighted by Gasteiger charge is -2.26. The average Bonchev–Trinajstić information content (AvgIpc) is 3.21. The predicted molar refractivity (Wildman–Crippen MR) is 101 cm³/mol. The number of carbonyl (C=O) groups is 1. The van der Waals surface area contributed by atoms with Crippen LogP contribution in [-0.4, -0.2) is 15.8 Å². The number of carbonyl (C=O) groups excluding carboxylic acids is 1. The summed E-state index contributed by atoms with van der Waals surface area (Å²) in [6.45, 7) is 2.51. The summed E-state index contributed by atoms with van der Waals surface area (Å²) in [6.07, 6.45) is 1.40. The van der Waals surface area contributed by atoms with E-state index in [4.69, 9.17) is 11.6 Å². The number of rotatable bonds is 4. The second kappa shape index (κ2) is 6.50. The molecule has 0 saturated heterocycles. The van der Waals surface area contributed by atoms with Crippen LogP contribution in [0.4, 0.5) is 5.69 Å². The van der Waals surface area contributed by atoms with Crippen LogP contribution < -0.4 is 5.32 Å². The molecule has 0 bridgehead atoms. The first-order valence-corrected chi connectivity index (χ1v) is 9.20. The van der Waals surface area contributed by atoms with E-state index in [1.807, 2.05) is 53.6 Å². The van der Waals surface area contributed by atoms with Gasteiger partial charge < -0.3 is 10.2 Å². The Bertz CT molecular complexity index is 926. The summed E-state index contributed by atoms with van der Waals surface area (Å²) in [5.41, 5.74) is 3.28. The Hall–Kier alpha value is -2.37. The minimum Gasteiger partial charge on any atom is -0.360 e. The van der Waals surface area contributed by atoms with Crippen molar-refractivity contribution in [2.75, 3.05) is 5.32 Å². The van der Waals surface area contributed by atoms with Gasteiger partial charge in [0.1, 0.15) is 6.17 Å². The molecule has 1 amide bonds. The summed E-state index contributed by atoms with van der Waals surface area (Å²) in [6, 6.07) is 13.5. The van der Waals surface area contributed by atoms with E-state index in [1.54, 1.807) is 23.6 Å². The van der Waals surface area contributed by atoms with Gasteiger partial charge in [-0.25, -0.2) is 0 Å². The number of halogens is 1. The number of amides is 1. The molecule has 0 unspecified atom stereocenters. The molecule has 3 heterocycles. The van der Waals surface area contributed by atoms with Gasteiger partial charge in [-0.05, 0) is 48.2 Å². The Morgan fingerprint density at radius 2 is 2.16 bits per heavy atom. The molecule has 1 aromatic carbocycles. The highest BCUT2D eigenvalue weighted by atomic mass is 35.5. The van der Waals surface area contributed by atoms with Crippen molar-refractivity contribution in [1.82, 2.24) is 9.88 Å². The smallest absolute Gasteiger partial charge is 0.258 e. The first-order valence-electron chi connectivity index (χ1n) is 7.94. The van der Waals surface area contributed by atoms with Crippen LogP contribution >= 0.6 is 22.9 Å². The standard InChI is InChI=1S/C19H16ClN3OS/c1-12-6-7-13(10-16(12)20)22-18-17-15(5-2-8-21-17)19(24)23(18)11-14-4-3-9-25-14/h2-10,18,22H,11H2,1H3/t18-/m1/s1. The lowest BCUT2D eigenvalue weighted by molar-refractivity contribution is 0.0729. The number of benzene rings is 1. The monoisotopic (exact) mass is 369 g/mol. The van der Waals surface area contributed by atoms with Gasteiger partial charge in [0.15, 0.2) is 0 Å². The topological polar surface area (TPSA) is 45.2 Å². The number of hydrogen-bond donors (Lipinski definition) is 1. The number of nitrogens with zero attached hydrogens (tertiary/aromatic N) is 2. The predicted octanol–water partition coefficient (Wildman–Crippen LogP) is 4.87. The molecule has 6 heteroatoms. The maximum atomic E-state index is 12.9. The third kappa shape index (κ3) is 3.01. The minimum absolute atomic E-state index is 0.00721. The van der Waals surface area contributed by atoms with E-state index in [0.29, 0.717) is 17.1 Å². The van der Waals surface area contributed by atoms with E-state index in [2.05, 4.69) is 10.3 Å². The Morgan fingerprint density at radius 1 is 1.28 bits per heavy atom. The number of aromatic nitrogens is 1. The number of thiophene rings is 1. The molecular formula is C19H16ClN3OS. The molecule has 0 spiro atoms. The summed E-state index contributed by atoms with van der Waals surface area (Å²) in [5.74, 6) is -0.00721. The Labute approximate surface area is 155 Å². The van der Waals surface area contributed by atoms with Gasteiger partial charge in [0.05, 0.1) is 17.8 Å². The highest BCUT2D eigenvalue weighted by Gasteiger charge is 2.38. The fourth-order valence-corrected chi connectivity index (χ4v) is 3.84. The molecule has 0 fully saturated rings. The average molecular weight is 370 g/mol. The van der Waals surface area contributed by atoms with Gasteiger partial charge in [0.2, 0.25) is 0 Å². The molecule has 0 saturated carbocycles. The van der Waals surface area contributed by atoms with Crippen molar-refractivity contribution in [3.63, 3.8) is 0 Å². The summed E-state index contributed by atoms with van der Waals surface area (Å²) >= 11 is 7.89. The Balaban J connectivity index is 1.70. The molecule has 1 atom stereocenters. The molecule has 0 aliphatic carbocycles. The van der Waals surface area contributed by atoms with Crippen molar-refractivity contribution < 1.29 is 4.79 Å². The highest BCUT2D eigenvalue weighted by molar-refractivity contribution is 7.09. The SMILES string of the molecule is Cc1ccc(N[C@H]2c3ncccc3C(=O)N2Cc2cccs2)cc1Cl. The largest absolute Gasteiger partial charge is 0.360 e. The molecule has 4 nitrogen and oxygen atoms in total. The third-order valence-electron chi connectivity index (χ3n) is 4.28. The molecule has 1 aliphatic rings. The lowest BCUT2D eigenvalue weighted by atomic mass is 10.2. The van der Waals surface area contributed by atoms with Crippen molar-refractivity contribution in [2.45, 2.75) is 19.6 Å². The fraction of sp³-hybridized carbons (Fsp3) is 0.158. The number of aryl methyl sites for hydroxylation is 1. The molecule has 1 N–H and O–H groups in total. The van der Waals surface area contributed by atoms with E-state index >= 15 is 0 Å². The second-order valence-corrected chi connectivity index (χ2v) is 7.40. The third-order valence-corrected chi connectivity index (χ3v) is 5.55. The number of hydrogen-bond acceptors (Lipinski definition) is 4. The maximum Gasteiger partial charge on any atom is 0.258 e. The number of anilines is 1. The van der Waals surface area contributed by atoms with Crippen LogP contribution in [0, 0.1) is 6.92 Å². The van der Waals surface area contributed by atoms with Crippen LogP contribution in [0.15, 0.2) is 54.0 Å². The van der Waals surface area contributed by atoms with Crippen LogP contribution in [-0.2, 0) is 6.54 Å². The van der Waals surface area contributed by atoms with Crippen LogP contribution in [0.1, 0.15) is 32.7 Å². The molecule has 126 valence electrons. The molecule has 25 heavy (non-hydrogen) atoms. The molecule has 3 aromatic rings. The molecule has 4 rings (SSSR count). The van der Waals surface area contributed by atoms with Gasteiger partial charge in [0, 0.05) is 21.8 Å². The number of fused-ring (bicyclic) bond motifs is 1. The van der Waals surface area contributed by atoms with Crippen molar-refractivity contribution in [2.24, 2.45) is 0 Å². The maximum absolute atomic E-state index is 12.9. The van der Waals surface area contributed by atoms with Crippen molar-refractivity contribution in [1.29, 1.82) is 0 Å². The zero-order chi connectivity index (χ0) is 17.4. The molecule has 2 aromatic heterocycles. The summed E-state index contributed by atoms with van der Waals surface area (Å²) < 4.78 is 0. The lowest BCUT2D eigenvalue weighted by Crippen LogP contribution is -2.31. The zero-order valence-electron chi connectivity index (χ0n) is 13.6. The molecular weight excluding hydrogens is 354 g/mol. The van der Waals surface area contributed by atoms with E-state index < -0.39 is 0 Å². The van der Waals surface area contributed by atoms with Crippen LogP contribution in [0.3, 0.4) is 0 Å². The van der Waals surface area contributed by atoms with Gasteiger partial charge in [-0.2, -0.15) is 0 Å². The molecule has 1 aliphatic heterocycles. The summed E-state index contributed by atoms with van der Waals surface area (Å²) in [7, 11) is 0. The van der Waals surface area contributed by atoms with E-state index in [0.717, 1.165) is 21.8 Å². The van der Waals surface area contributed by atoms with E-state index in [9.17, 15) is 4.79 Å². The summed E-state index contributed by atoms with van der Waals surface area (Å²) in [4.78, 5) is 20.3. The Kier molecular flexibility index (Phi) is 4.19. The number of pyridine rings is 1. The molecule has 0 radical (unpaired) electrons. The van der Waals surface area contributed by atoms with Gasteiger partial charge in [-0.1, -0.05) is 23.7 Å². The van der Waals surface area contributed by atoms with Gasteiger partial charge >= 0.3 is 0 Å². The minimum atomic E-state index is -0.315. The summed E-state index contributed by atoms with van der Waals surface area (Å²) in [5, 5.41) is 6.13. The zero-order valence-corrected chi connectivity index (χ0v) is 15.1.